The Kier molecular flexibility index (Phi) is 6.25. The first-order chi connectivity index (χ1) is 9.10. The summed E-state index contributed by atoms with van der Waals surface area (Å²) in [6.07, 6.45) is 6.22. The Morgan fingerprint density at radius 2 is 2.21 bits per heavy atom. The van der Waals surface area contributed by atoms with Gasteiger partial charge in [-0.3, -0.25) is 10.1 Å². The summed E-state index contributed by atoms with van der Waals surface area (Å²) in [7, 11) is 0. The summed E-state index contributed by atoms with van der Waals surface area (Å²) in [5, 5.41) is 14.2. The van der Waals surface area contributed by atoms with Crippen molar-refractivity contribution in [3.05, 3.63) is 27.9 Å². The molecule has 1 unspecified atom stereocenters. The van der Waals surface area contributed by atoms with Crippen LogP contribution in [0.5, 0.6) is 0 Å². The van der Waals surface area contributed by atoms with Crippen molar-refractivity contribution >= 4 is 11.5 Å². The van der Waals surface area contributed by atoms with E-state index in [9.17, 15) is 10.1 Å². The molecular weight excluding hydrogens is 242 g/mol. The van der Waals surface area contributed by atoms with Crippen LogP contribution in [0, 0.1) is 23.0 Å². The van der Waals surface area contributed by atoms with E-state index >= 15 is 0 Å². The molecule has 19 heavy (non-hydrogen) atoms. The zero-order chi connectivity index (χ0) is 14.3. The van der Waals surface area contributed by atoms with Crippen molar-refractivity contribution in [3.63, 3.8) is 0 Å². The molecule has 0 amide bonds. The number of rotatable bonds is 8. The smallest absolute Gasteiger partial charge is 0.314 e. The Balaban J connectivity index is 2.71. The predicted molar refractivity (Wildman–Crippen MR) is 77.4 cm³/mol. The number of nitrogens with zero attached hydrogens (tertiary/aromatic N) is 2. The SMILES string of the molecule is CCCCC(CC)CNc1nccc(C)c1[N+](=O)[O-]. The maximum atomic E-state index is 11.1. The van der Waals surface area contributed by atoms with Crippen molar-refractivity contribution in [1.29, 1.82) is 0 Å². The second-order valence-corrected chi connectivity index (χ2v) is 4.88. The topological polar surface area (TPSA) is 68.1 Å². The molecule has 5 heteroatoms. The van der Waals surface area contributed by atoms with Crippen LogP contribution in [0.1, 0.15) is 45.1 Å². The summed E-state index contributed by atoms with van der Waals surface area (Å²) >= 11 is 0. The Morgan fingerprint density at radius 3 is 2.79 bits per heavy atom. The summed E-state index contributed by atoms with van der Waals surface area (Å²) in [5.41, 5.74) is 0.733. The second-order valence-electron chi connectivity index (χ2n) is 4.88. The largest absolute Gasteiger partial charge is 0.364 e. The van der Waals surface area contributed by atoms with Gasteiger partial charge < -0.3 is 5.32 Å². The van der Waals surface area contributed by atoms with Crippen LogP contribution < -0.4 is 5.32 Å². The highest BCUT2D eigenvalue weighted by Crippen LogP contribution is 2.26. The van der Waals surface area contributed by atoms with E-state index in [1.807, 2.05) is 0 Å². The zero-order valence-electron chi connectivity index (χ0n) is 12.0. The first-order valence-electron chi connectivity index (χ1n) is 6.94. The van der Waals surface area contributed by atoms with E-state index in [2.05, 4.69) is 24.1 Å². The van der Waals surface area contributed by atoms with E-state index in [0.29, 0.717) is 17.3 Å². The van der Waals surface area contributed by atoms with Gasteiger partial charge in [0.05, 0.1) is 4.92 Å². The summed E-state index contributed by atoms with van der Waals surface area (Å²) in [4.78, 5) is 14.8. The Labute approximate surface area is 114 Å². The monoisotopic (exact) mass is 265 g/mol. The maximum absolute atomic E-state index is 11.1. The minimum Gasteiger partial charge on any atom is -0.364 e. The van der Waals surface area contributed by atoms with Crippen LogP contribution in [0.2, 0.25) is 0 Å². The highest BCUT2D eigenvalue weighted by molar-refractivity contribution is 5.59. The third kappa shape index (κ3) is 4.50. The number of aromatic nitrogens is 1. The van der Waals surface area contributed by atoms with Gasteiger partial charge in [0.25, 0.3) is 0 Å². The Bertz CT molecular complexity index is 421. The number of pyridine rings is 1. The molecule has 0 saturated heterocycles. The van der Waals surface area contributed by atoms with Gasteiger partial charge in [0.15, 0.2) is 0 Å². The fraction of sp³-hybridized carbons (Fsp3) is 0.643. The highest BCUT2D eigenvalue weighted by atomic mass is 16.6. The van der Waals surface area contributed by atoms with Gasteiger partial charge >= 0.3 is 5.69 Å². The van der Waals surface area contributed by atoms with Gasteiger partial charge in [-0.2, -0.15) is 0 Å². The molecule has 0 aliphatic heterocycles. The summed E-state index contributed by atoms with van der Waals surface area (Å²) in [6.45, 7) is 6.81. The normalized spacial score (nSPS) is 12.2. The van der Waals surface area contributed by atoms with Gasteiger partial charge in [0.2, 0.25) is 5.82 Å². The summed E-state index contributed by atoms with van der Waals surface area (Å²) in [6, 6.07) is 1.66. The van der Waals surface area contributed by atoms with Gasteiger partial charge in [-0.25, -0.2) is 4.98 Å². The van der Waals surface area contributed by atoms with Gasteiger partial charge in [-0.05, 0) is 25.3 Å². The predicted octanol–water partition coefficient (Wildman–Crippen LogP) is 3.93. The molecule has 1 aromatic heterocycles. The molecule has 0 radical (unpaired) electrons. The van der Waals surface area contributed by atoms with Gasteiger partial charge in [-0.15, -0.1) is 0 Å². The zero-order valence-corrected chi connectivity index (χ0v) is 12.0. The van der Waals surface area contributed by atoms with Gasteiger partial charge in [-0.1, -0.05) is 33.1 Å². The number of hydrogen-bond donors (Lipinski definition) is 1. The molecule has 0 bridgehead atoms. The van der Waals surface area contributed by atoms with Crippen molar-refractivity contribution in [1.82, 2.24) is 4.98 Å². The van der Waals surface area contributed by atoms with E-state index in [0.717, 1.165) is 19.4 Å². The fourth-order valence-electron chi connectivity index (χ4n) is 2.09. The van der Waals surface area contributed by atoms with Crippen molar-refractivity contribution in [2.24, 2.45) is 5.92 Å². The number of nitro groups is 1. The number of anilines is 1. The van der Waals surface area contributed by atoms with Gasteiger partial charge in [0, 0.05) is 18.3 Å². The second kappa shape index (κ2) is 7.71. The lowest BCUT2D eigenvalue weighted by atomic mass is 9.99. The number of unbranched alkanes of at least 4 members (excludes halogenated alkanes) is 1. The Morgan fingerprint density at radius 1 is 1.47 bits per heavy atom. The first-order valence-corrected chi connectivity index (χ1v) is 6.94. The van der Waals surface area contributed by atoms with Crippen molar-refractivity contribution in [2.45, 2.75) is 46.5 Å². The van der Waals surface area contributed by atoms with Crippen LogP contribution in [0.25, 0.3) is 0 Å². The minimum atomic E-state index is -0.363. The molecule has 1 aromatic rings. The molecule has 106 valence electrons. The van der Waals surface area contributed by atoms with Crippen LogP contribution in [-0.4, -0.2) is 16.5 Å². The molecule has 0 aromatic carbocycles. The molecule has 0 aliphatic carbocycles. The molecule has 1 atom stereocenters. The molecule has 0 aliphatic rings. The standard InChI is InChI=1S/C14H23N3O2/c1-4-6-7-12(5-2)10-16-14-13(17(18)19)11(3)8-9-15-14/h8-9,12H,4-7,10H2,1-3H3,(H,15,16). The van der Waals surface area contributed by atoms with E-state index < -0.39 is 0 Å². The molecule has 1 N–H and O–H groups in total. The average molecular weight is 265 g/mol. The molecule has 1 rings (SSSR count). The van der Waals surface area contributed by atoms with Crippen molar-refractivity contribution in [3.8, 4) is 0 Å². The van der Waals surface area contributed by atoms with E-state index in [-0.39, 0.29) is 10.6 Å². The van der Waals surface area contributed by atoms with Crippen LogP contribution in [0.15, 0.2) is 12.3 Å². The number of nitrogens with one attached hydrogen (secondary N) is 1. The third-order valence-electron chi connectivity index (χ3n) is 3.41. The fourth-order valence-corrected chi connectivity index (χ4v) is 2.09. The van der Waals surface area contributed by atoms with Crippen LogP contribution >= 0.6 is 0 Å². The molecular formula is C14H23N3O2. The lowest BCUT2D eigenvalue weighted by molar-refractivity contribution is -0.384. The Hall–Kier alpha value is -1.65. The number of hydrogen-bond acceptors (Lipinski definition) is 4. The van der Waals surface area contributed by atoms with Crippen LogP contribution in [0.4, 0.5) is 11.5 Å². The summed E-state index contributed by atoms with van der Waals surface area (Å²) in [5.74, 6) is 0.932. The molecule has 0 fully saturated rings. The highest BCUT2D eigenvalue weighted by Gasteiger charge is 2.18. The molecule has 1 heterocycles. The van der Waals surface area contributed by atoms with Crippen LogP contribution in [0.3, 0.4) is 0 Å². The molecule has 5 nitrogen and oxygen atoms in total. The number of aryl methyl sites for hydroxylation is 1. The lowest BCUT2D eigenvalue weighted by Crippen LogP contribution is -2.15. The average Bonchev–Trinajstić information content (AvgIpc) is 2.38. The summed E-state index contributed by atoms with van der Waals surface area (Å²) < 4.78 is 0. The van der Waals surface area contributed by atoms with E-state index in [1.54, 1.807) is 19.2 Å². The third-order valence-corrected chi connectivity index (χ3v) is 3.41. The minimum absolute atomic E-state index is 0.0906. The molecule has 0 spiro atoms. The quantitative estimate of drug-likeness (QED) is 0.571. The maximum Gasteiger partial charge on any atom is 0.314 e. The van der Waals surface area contributed by atoms with Crippen LogP contribution in [-0.2, 0) is 0 Å². The van der Waals surface area contributed by atoms with Crippen molar-refractivity contribution < 1.29 is 4.92 Å². The molecule has 0 saturated carbocycles. The van der Waals surface area contributed by atoms with Gasteiger partial charge in [0.1, 0.15) is 0 Å². The lowest BCUT2D eigenvalue weighted by Gasteiger charge is -2.15. The first kappa shape index (κ1) is 15.4. The van der Waals surface area contributed by atoms with Crippen molar-refractivity contribution in [2.75, 3.05) is 11.9 Å². The van der Waals surface area contributed by atoms with E-state index in [1.165, 1.54) is 12.8 Å². The van der Waals surface area contributed by atoms with E-state index in [4.69, 9.17) is 0 Å².